The molecule has 3 atom stereocenters. The van der Waals surface area contributed by atoms with Crippen LogP contribution >= 0.6 is 0 Å². The number of hydrogen-bond acceptors (Lipinski definition) is 3. The van der Waals surface area contributed by atoms with Gasteiger partial charge in [-0.3, -0.25) is 4.90 Å². The summed E-state index contributed by atoms with van der Waals surface area (Å²) in [7, 11) is 0. The van der Waals surface area contributed by atoms with Crippen LogP contribution < -0.4 is 0 Å². The highest BCUT2D eigenvalue weighted by atomic mass is 16.5. The molecule has 2 rings (SSSR count). The van der Waals surface area contributed by atoms with Crippen molar-refractivity contribution in [2.24, 2.45) is 11.8 Å². The molecule has 1 heterocycles. The van der Waals surface area contributed by atoms with Crippen molar-refractivity contribution in [3.63, 3.8) is 0 Å². The van der Waals surface area contributed by atoms with Crippen LogP contribution in [0.25, 0.3) is 0 Å². The number of ether oxygens (including phenoxy) is 1. The zero-order chi connectivity index (χ0) is 19.6. The molecule has 1 saturated heterocycles. The fraction of sp³-hybridized carbons (Fsp3) is 1.00. The Morgan fingerprint density at radius 1 is 0.889 bits per heavy atom. The van der Waals surface area contributed by atoms with Gasteiger partial charge < -0.3 is 9.64 Å². The Bertz CT molecular complexity index is 373. The van der Waals surface area contributed by atoms with Gasteiger partial charge in [-0.25, -0.2) is 0 Å². The lowest BCUT2D eigenvalue weighted by atomic mass is 9.81. The zero-order valence-electron chi connectivity index (χ0n) is 19.1. The molecule has 0 spiro atoms. The van der Waals surface area contributed by atoms with Crippen molar-refractivity contribution in [1.82, 2.24) is 9.80 Å². The molecule has 2 unspecified atom stereocenters. The molecule has 0 aromatic carbocycles. The van der Waals surface area contributed by atoms with Crippen LogP contribution in [0.3, 0.4) is 0 Å². The maximum atomic E-state index is 6.23. The molecule has 2 fully saturated rings. The second kappa shape index (κ2) is 12.4. The second-order valence-electron chi connectivity index (χ2n) is 9.64. The van der Waals surface area contributed by atoms with E-state index >= 15 is 0 Å². The van der Waals surface area contributed by atoms with Gasteiger partial charge in [-0.1, -0.05) is 27.2 Å². The summed E-state index contributed by atoms with van der Waals surface area (Å²) in [5.41, 5.74) is 0. The predicted octanol–water partition coefficient (Wildman–Crippen LogP) is 5.58. The maximum Gasteiger partial charge on any atom is 0.0579 e. The van der Waals surface area contributed by atoms with Gasteiger partial charge in [-0.05, 0) is 83.6 Å². The van der Waals surface area contributed by atoms with E-state index in [2.05, 4.69) is 44.4 Å². The number of hydrogen-bond donors (Lipinski definition) is 0. The molecule has 0 radical (unpaired) electrons. The van der Waals surface area contributed by atoms with Crippen LogP contribution in [0.15, 0.2) is 0 Å². The molecule has 0 amide bonds. The van der Waals surface area contributed by atoms with Crippen LogP contribution in [-0.4, -0.2) is 60.8 Å². The van der Waals surface area contributed by atoms with Crippen LogP contribution in [0.4, 0.5) is 0 Å². The molecule has 3 nitrogen and oxygen atoms in total. The number of rotatable bonds is 11. The van der Waals surface area contributed by atoms with E-state index in [-0.39, 0.29) is 0 Å². The summed E-state index contributed by atoms with van der Waals surface area (Å²) in [6, 6.07) is 0.759. The fourth-order valence-electron chi connectivity index (χ4n) is 5.08. The van der Waals surface area contributed by atoms with Crippen molar-refractivity contribution in [2.45, 2.75) is 111 Å². The van der Waals surface area contributed by atoms with Gasteiger partial charge in [-0.15, -0.1) is 0 Å². The summed E-state index contributed by atoms with van der Waals surface area (Å²) in [5.74, 6) is 1.82. The largest absolute Gasteiger partial charge is 0.375 e. The number of piperazine rings is 1. The minimum Gasteiger partial charge on any atom is -0.375 e. The van der Waals surface area contributed by atoms with Crippen LogP contribution in [0, 0.1) is 11.8 Å². The number of nitrogens with zero attached hydrogens (tertiary/aromatic N) is 2. The van der Waals surface area contributed by atoms with Crippen LogP contribution in [0.1, 0.15) is 92.4 Å². The van der Waals surface area contributed by atoms with Gasteiger partial charge in [-0.2, -0.15) is 0 Å². The SMILES string of the molecule is CCCC(C)OC1CCC(C[C@@H](C)CCN2CCN(C(C)CC)CC2)CC1. The van der Waals surface area contributed by atoms with Crippen molar-refractivity contribution in [2.75, 3.05) is 32.7 Å². The minimum atomic E-state index is 0.455. The lowest BCUT2D eigenvalue weighted by molar-refractivity contribution is -0.0329. The highest BCUT2D eigenvalue weighted by molar-refractivity contribution is 4.78. The van der Waals surface area contributed by atoms with E-state index in [4.69, 9.17) is 4.74 Å². The van der Waals surface area contributed by atoms with Gasteiger partial charge in [0, 0.05) is 32.2 Å². The average molecular weight is 381 g/mol. The Labute approximate surface area is 170 Å². The smallest absolute Gasteiger partial charge is 0.0579 e. The normalized spacial score (nSPS) is 28.8. The lowest BCUT2D eigenvalue weighted by Gasteiger charge is -2.38. The van der Waals surface area contributed by atoms with Crippen LogP contribution in [0.2, 0.25) is 0 Å². The molecule has 1 saturated carbocycles. The van der Waals surface area contributed by atoms with E-state index in [1.807, 2.05) is 0 Å². The standard InChI is InChI=1S/C24H48N2O/c1-6-8-22(5)27-24-11-9-23(10-12-24)19-20(3)13-14-25-15-17-26(18-16-25)21(4)7-2/h20-24H,6-19H2,1-5H3/t20-,21?,22?,23?,24?/m0/s1. The maximum absolute atomic E-state index is 6.23. The predicted molar refractivity (Wildman–Crippen MR) is 117 cm³/mol. The van der Waals surface area contributed by atoms with E-state index in [1.165, 1.54) is 90.5 Å². The quantitative estimate of drug-likeness (QED) is 0.465. The molecule has 3 heteroatoms. The van der Waals surface area contributed by atoms with Gasteiger partial charge in [0.15, 0.2) is 0 Å². The first-order valence-corrected chi connectivity index (χ1v) is 12.1. The molecule has 0 N–H and O–H groups in total. The fourth-order valence-corrected chi connectivity index (χ4v) is 5.08. The van der Waals surface area contributed by atoms with Crippen molar-refractivity contribution in [1.29, 1.82) is 0 Å². The molecule has 0 aromatic heterocycles. The third kappa shape index (κ3) is 8.41. The van der Waals surface area contributed by atoms with Gasteiger partial charge >= 0.3 is 0 Å². The molecule has 2 aliphatic rings. The summed E-state index contributed by atoms with van der Waals surface area (Å²) >= 11 is 0. The van der Waals surface area contributed by atoms with Crippen LogP contribution in [0.5, 0.6) is 0 Å². The van der Waals surface area contributed by atoms with Crippen molar-refractivity contribution in [3.8, 4) is 0 Å². The first-order chi connectivity index (χ1) is 13.0. The molecule has 1 aliphatic heterocycles. The first kappa shape index (κ1) is 23.2. The van der Waals surface area contributed by atoms with Crippen LogP contribution in [-0.2, 0) is 4.74 Å². The van der Waals surface area contributed by atoms with Crippen molar-refractivity contribution in [3.05, 3.63) is 0 Å². The van der Waals surface area contributed by atoms with Crippen molar-refractivity contribution >= 4 is 0 Å². The summed E-state index contributed by atoms with van der Waals surface area (Å²) < 4.78 is 6.23. The Kier molecular flexibility index (Phi) is 10.7. The van der Waals surface area contributed by atoms with Gasteiger partial charge in [0.2, 0.25) is 0 Å². The Morgan fingerprint density at radius 2 is 1.56 bits per heavy atom. The average Bonchev–Trinajstić information content (AvgIpc) is 2.68. The third-order valence-corrected chi connectivity index (χ3v) is 7.21. The van der Waals surface area contributed by atoms with E-state index in [0.29, 0.717) is 12.2 Å². The molecule has 0 aromatic rings. The molecule has 1 aliphatic carbocycles. The monoisotopic (exact) mass is 380 g/mol. The minimum absolute atomic E-state index is 0.455. The summed E-state index contributed by atoms with van der Waals surface area (Å²) in [4.78, 5) is 5.37. The third-order valence-electron chi connectivity index (χ3n) is 7.21. The van der Waals surface area contributed by atoms with E-state index < -0.39 is 0 Å². The molecule has 0 bridgehead atoms. The van der Waals surface area contributed by atoms with Gasteiger partial charge in [0.1, 0.15) is 0 Å². The molecular formula is C24H48N2O. The first-order valence-electron chi connectivity index (χ1n) is 12.1. The Balaban J connectivity index is 1.56. The van der Waals surface area contributed by atoms with Gasteiger partial charge in [0.25, 0.3) is 0 Å². The molecule has 160 valence electrons. The second-order valence-corrected chi connectivity index (χ2v) is 9.64. The van der Waals surface area contributed by atoms with E-state index in [0.717, 1.165) is 17.9 Å². The zero-order valence-corrected chi connectivity index (χ0v) is 19.1. The highest BCUT2D eigenvalue weighted by Crippen LogP contribution is 2.32. The van der Waals surface area contributed by atoms with E-state index in [1.54, 1.807) is 0 Å². The molecule has 27 heavy (non-hydrogen) atoms. The molecular weight excluding hydrogens is 332 g/mol. The summed E-state index contributed by atoms with van der Waals surface area (Å²) in [6.45, 7) is 18.1. The van der Waals surface area contributed by atoms with Gasteiger partial charge in [0.05, 0.1) is 12.2 Å². The summed E-state index contributed by atoms with van der Waals surface area (Å²) in [6.07, 6.45) is 12.9. The van der Waals surface area contributed by atoms with E-state index in [9.17, 15) is 0 Å². The summed E-state index contributed by atoms with van der Waals surface area (Å²) in [5, 5.41) is 0. The Morgan fingerprint density at radius 3 is 2.15 bits per heavy atom. The topological polar surface area (TPSA) is 15.7 Å². The van der Waals surface area contributed by atoms with Crippen molar-refractivity contribution < 1.29 is 4.74 Å². The Hall–Kier alpha value is -0.120. The highest BCUT2D eigenvalue weighted by Gasteiger charge is 2.25. The lowest BCUT2D eigenvalue weighted by Crippen LogP contribution is -2.49.